The predicted molar refractivity (Wildman–Crippen MR) is 106 cm³/mol. The average Bonchev–Trinajstić information content (AvgIpc) is 2.77. The topological polar surface area (TPSA) is 95.5 Å². The van der Waals surface area contributed by atoms with Crippen LogP contribution in [0.4, 0.5) is 0 Å². The Hall–Kier alpha value is -2.65. The number of amides is 1. The maximum absolute atomic E-state index is 11.8. The van der Waals surface area contributed by atoms with Crippen LogP contribution in [0.3, 0.4) is 0 Å². The number of benzene rings is 2. The number of carbonyl (C=O) groups is 1. The summed E-state index contributed by atoms with van der Waals surface area (Å²) in [5.74, 6) is 0.631. The van der Waals surface area contributed by atoms with Crippen LogP contribution in [0.1, 0.15) is 18.8 Å². The minimum absolute atomic E-state index is 0.208. The standard InChI is InChI=1S/C22H25NO7/c1-13(24)23-18-19(25)20-17(12-27-21(30-20)14-8-4-3-5-9-14)29-22(18)28-16-11-7-6-10-15(16)26-2/h3-11,17-22,25H,12H2,1-2H3,(H,23,24). The highest BCUT2D eigenvalue weighted by atomic mass is 16.7. The number of hydrogen-bond acceptors (Lipinski definition) is 7. The number of aliphatic hydroxyl groups is 1. The highest BCUT2D eigenvalue weighted by Crippen LogP contribution is 2.36. The van der Waals surface area contributed by atoms with Gasteiger partial charge in [-0.05, 0) is 12.1 Å². The quantitative estimate of drug-likeness (QED) is 0.769. The molecule has 2 aromatic rings. The number of carbonyl (C=O) groups excluding carboxylic acids is 1. The van der Waals surface area contributed by atoms with E-state index in [1.165, 1.54) is 14.0 Å². The molecule has 0 aromatic heterocycles. The molecule has 2 saturated heterocycles. The number of rotatable bonds is 5. The Morgan fingerprint density at radius 1 is 1.07 bits per heavy atom. The van der Waals surface area contributed by atoms with Gasteiger partial charge in [0, 0.05) is 12.5 Å². The van der Waals surface area contributed by atoms with Crippen LogP contribution in [0.5, 0.6) is 11.5 Å². The fourth-order valence-corrected chi connectivity index (χ4v) is 3.70. The van der Waals surface area contributed by atoms with Gasteiger partial charge in [-0.1, -0.05) is 42.5 Å². The van der Waals surface area contributed by atoms with E-state index in [9.17, 15) is 9.90 Å². The van der Waals surface area contributed by atoms with Gasteiger partial charge in [0.15, 0.2) is 17.8 Å². The van der Waals surface area contributed by atoms with E-state index in [4.69, 9.17) is 23.7 Å². The van der Waals surface area contributed by atoms with Gasteiger partial charge in [-0.15, -0.1) is 0 Å². The molecule has 2 aromatic carbocycles. The van der Waals surface area contributed by atoms with Gasteiger partial charge >= 0.3 is 0 Å². The maximum Gasteiger partial charge on any atom is 0.223 e. The summed E-state index contributed by atoms with van der Waals surface area (Å²) in [5, 5.41) is 13.8. The van der Waals surface area contributed by atoms with Crippen molar-refractivity contribution in [2.75, 3.05) is 13.7 Å². The molecule has 160 valence electrons. The Balaban J connectivity index is 1.55. The van der Waals surface area contributed by atoms with Gasteiger partial charge in [-0.25, -0.2) is 0 Å². The molecule has 4 rings (SSSR count). The molecule has 0 saturated carbocycles. The number of methoxy groups -OCH3 is 1. The second kappa shape index (κ2) is 9.01. The Morgan fingerprint density at radius 3 is 2.47 bits per heavy atom. The van der Waals surface area contributed by atoms with Gasteiger partial charge in [-0.2, -0.15) is 0 Å². The second-order valence-electron chi connectivity index (χ2n) is 7.21. The molecule has 2 fully saturated rings. The van der Waals surface area contributed by atoms with Crippen LogP contribution in [0, 0.1) is 0 Å². The third-order valence-corrected chi connectivity index (χ3v) is 5.12. The fourth-order valence-electron chi connectivity index (χ4n) is 3.70. The Morgan fingerprint density at radius 2 is 1.77 bits per heavy atom. The van der Waals surface area contributed by atoms with E-state index >= 15 is 0 Å². The van der Waals surface area contributed by atoms with Gasteiger partial charge in [0.05, 0.1) is 13.7 Å². The van der Waals surface area contributed by atoms with Crippen LogP contribution in [-0.2, 0) is 19.0 Å². The molecule has 1 amide bonds. The summed E-state index contributed by atoms with van der Waals surface area (Å²) in [7, 11) is 1.53. The van der Waals surface area contributed by atoms with Crippen LogP contribution < -0.4 is 14.8 Å². The first-order valence-corrected chi connectivity index (χ1v) is 9.79. The van der Waals surface area contributed by atoms with E-state index < -0.39 is 36.9 Å². The van der Waals surface area contributed by atoms with E-state index in [1.807, 2.05) is 36.4 Å². The fraction of sp³-hybridized carbons (Fsp3) is 0.409. The molecular formula is C22H25NO7. The third-order valence-electron chi connectivity index (χ3n) is 5.12. The molecule has 6 atom stereocenters. The SMILES string of the molecule is COc1ccccc1OC1OC2COC(c3ccccc3)OC2C(O)C1NC(C)=O. The van der Waals surface area contributed by atoms with Crippen molar-refractivity contribution in [3.05, 3.63) is 60.2 Å². The number of aliphatic hydroxyl groups excluding tert-OH is 1. The molecule has 0 bridgehead atoms. The van der Waals surface area contributed by atoms with E-state index in [-0.39, 0.29) is 12.5 Å². The van der Waals surface area contributed by atoms with E-state index in [2.05, 4.69) is 5.32 Å². The minimum Gasteiger partial charge on any atom is -0.493 e. The summed E-state index contributed by atoms with van der Waals surface area (Å²) < 4.78 is 29.2. The van der Waals surface area contributed by atoms with Gasteiger partial charge in [0.1, 0.15) is 24.4 Å². The summed E-state index contributed by atoms with van der Waals surface area (Å²) in [4.78, 5) is 11.8. The molecule has 2 aliphatic rings. The van der Waals surface area contributed by atoms with Crippen LogP contribution in [0.2, 0.25) is 0 Å². The largest absolute Gasteiger partial charge is 0.493 e. The molecule has 30 heavy (non-hydrogen) atoms. The van der Waals surface area contributed by atoms with Crippen LogP contribution in [0.25, 0.3) is 0 Å². The van der Waals surface area contributed by atoms with Gasteiger partial charge < -0.3 is 34.1 Å². The van der Waals surface area contributed by atoms with E-state index in [0.717, 1.165) is 5.56 Å². The Labute approximate surface area is 174 Å². The zero-order valence-electron chi connectivity index (χ0n) is 16.8. The van der Waals surface area contributed by atoms with Crippen molar-refractivity contribution in [2.24, 2.45) is 0 Å². The van der Waals surface area contributed by atoms with Gasteiger partial charge in [0.2, 0.25) is 12.2 Å². The third kappa shape index (κ3) is 4.27. The number of ether oxygens (including phenoxy) is 5. The highest BCUT2D eigenvalue weighted by molar-refractivity contribution is 5.73. The lowest BCUT2D eigenvalue weighted by atomic mass is 9.95. The number of para-hydroxylation sites is 2. The lowest BCUT2D eigenvalue weighted by Crippen LogP contribution is -2.67. The lowest BCUT2D eigenvalue weighted by molar-refractivity contribution is -0.333. The summed E-state index contributed by atoms with van der Waals surface area (Å²) in [5.41, 5.74) is 0.839. The van der Waals surface area contributed by atoms with Crippen molar-refractivity contribution in [1.82, 2.24) is 5.32 Å². The molecule has 2 aliphatic heterocycles. The lowest BCUT2D eigenvalue weighted by Gasteiger charge is -2.47. The van der Waals surface area contributed by atoms with Crippen molar-refractivity contribution in [2.45, 2.75) is 43.9 Å². The molecule has 8 heteroatoms. The van der Waals surface area contributed by atoms with Crippen molar-refractivity contribution in [3.8, 4) is 11.5 Å². The molecule has 0 aliphatic carbocycles. The normalized spacial score (nSPS) is 30.8. The Bertz CT molecular complexity index is 862. The number of hydrogen-bond donors (Lipinski definition) is 2. The second-order valence-corrected chi connectivity index (χ2v) is 7.21. The van der Waals surface area contributed by atoms with Gasteiger partial charge in [0.25, 0.3) is 0 Å². The predicted octanol–water partition coefficient (Wildman–Crippen LogP) is 1.78. The minimum atomic E-state index is -1.07. The zero-order chi connectivity index (χ0) is 21.1. The first-order valence-electron chi connectivity index (χ1n) is 9.79. The molecule has 2 heterocycles. The van der Waals surface area contributed by atoms with Gasteiger partial charge in [-0.3, -0.25) is 4.79 Å². The smallest absolute Gasteiger partial charge is 0.223 e. The molecule has 8 nitrogen and oxygen atoms in total. The summed E-state index contributed by atoms with van der Waals surface area (Å²) in [6.45, 7) is 1.58. The molecule has 2 N–H and O–H groups in total. The molecule has 6 unspecified atom stereocenters. The molecular weight excluding hydrogens is 390 g/mol. The van der Waals surface area contributed by atoms with Crippen LogP contribution >= 0.6 is 0 Å². The molecule has 0 spiro atoms. The summed E-state index contributed by atoms with van der Waals surface area (Å²) in [6, 6.07) is 15.7. The average molecular weight is 415 g/mol. The van der Waals surface area contributed by atoms with E-state index in [0.29, 0.717) is 11.5 Å². The van der Waals surface area contributed by atoms with Crippen molar-refractivity contribution >= 4 is 5.91 Å². The summed E-state index contributed by atoms with van der Waals surface area (Å²) in [6.07, 6.45) is -3.91. The van der Waals surface area contributed by atoms with E-state index in [1.54, 1.807) is 18.2 Å². The number of nitrogens with one attached hydrogen (secondary N) is 1. The van der Waals surface area contributed by atoms with Crippen LogP contribution in [0.15, 0.2) is 54.6 Å². The Kier molecular flexibility index (Phi) is 6.19. The van der Waals surface area contributed by atoms with Crippen LogP contribution in [-0.4, -0.2) is 55.4 Å². The van der Waals surface area contributed by atoms with Crippen molar-refractivity contribution < 1.29 is 33.6 Å². The summed E-state index contributed by atoms with van der Waals surface area (Å²) >= 11 is 0. The monoisotopic (exact) mass is 415 g/mol. The van der Waals surface area contributed by atoms with Crippen molar-refractivity contribution in [3.63, 3.8) is 0 Å². The first kappa shape index (κ1) is 20.6. The number of fused-ring (bicyclic) bond motifs is 1. The highest BCUT2D eigenvalue weighted by Gasteiger charge is 2.50. The molecule has 0 radical (unpaired) electrons. The first-order chi connectivity index (χ1) is 14.6. The zero-order valence-corrected chi connectivity index (χ0v) is 16.8. The van der Waals surface area contributed by atoms with Crippen molar-refractivity contribution in [1.29, 1.82) is 0 Å². The maximum atomic E-state index is 11.8.